The summed E-state index contributed by atoms with van der Waals surface area (Å²) < 4.78 is 39.9. The van der Waals surface area contributed by atoms with Crippen LogP contribution in [0.4, 0.5) is 13.2 Å². The minimum atomic E-state index is -4.34. The molecule has 0 aliphatic heterocycles. The lowest BCUT2D eigenvalue weighted by atomic mass is 9.98. The number of benzene rings is 1. The molecule has 0 fully saturated rings. The summed E-state index contributed by atoms with van der Waals surface area (Å²) in [6.07, 6.45) is 1.27. The summed E-state index contributed by atoms with van der Waals surface area (Å²) in [6.45, 7) is 0. The van der Waals surface area contributed by atoms with Crippen molar-refractivity contribution in [2.24, 2.45) is 0 Å². The first-order valence-corrected chi connectivity index (χ1v) is 6.51. The fraction of sp³-hybridized carbons (Fsp3) is 0.286. The van der Waals surface area contributed by atoms with Crippen LogP contribution in [0, 0.1) is 0 Å². The van der Waals surface area contributed by atoms with Gasteiger partial charge in [0.25, 0.3) is 0 Å². The summed E-state index contributed by atoms with van der Waals surface area (Å²) in [4.78, 5) is 0. The number of alkyl halides is 3. The van der Waals surface area contributed by atoms with E-state index in [1.54, 1.807) is 24.3 Å². The van der Waals surface area contributed by atoms with E-state index in [0.717, 1.165) is 6.42 Å². The SMILES string of the molecule is FC(F)(F)/C1=C(\Br)CCC/C=C\c2ccccc21. The van der Waals surface area contributed by atoms with Crippen LogP contribution in [0.2, 0.25) is 0 Å². The van der Waals surface area contributed by atoms with Crippen LogP contribution in [-0.2, 0) is 0 Å². The van der Waals surface area contributed by atoms with Crippen molar-refractivity contribution >= 4 is 27.6 Å². The number of allylic oxidation sites excluding steroid dienone is 3. The van der Waals surface area contributed by atoms with Crippen molar-refractivity contribution in [2.75, 3.05) is 0 Å². The zero-order valence-corrected chi connectivity index (χ0v) is 11.2. The molecule has 1 aromatic carbocycles. The Balaban J connectivity index is 2.66. The van der Waals surface area contributed by atoms with Crippen LogP contribution in [-0.4, -0.2) is 6.18 Å². The zero-order valence-electron chi connectivity index (χ0n) is 9.60. The van der Waals surface area contributed by atoms with E-state index in [1.165, 1.54) is 6.07 Å². The molecule has 1 aliphatic carbocycles. The van der Waals surface area contributed by atoms with Gasteiger partial charge in [0.05, 0.1) is 5.57 Å². The Labute approximate surface area is 112 Å². The van der Waals surface area contributed by atoms with Gasteiger partial charge in [0.2, 0.25) is 0 Å². The maximum Gasteiger partial charge on any atom is 0.417 e. The molecule has 0 bridgehead atoms. The van der Waals surface area contributed by atoms with E-state index in [4.69, 9.17) is 0 Å². The monoisotopic (exact) mass is 316 g/mol. The third kappa shape index (κ3) is 2.86. The highest BCUT2D eigenvalue weighted by atomic mass is 79.9. The van der Waals surface area contributed by atoms with E-state index in [9.17, 15) is 13.2 Å². The summed E-state index contributed by atoms with van der Waals surface area (Å²) in [6, 6.07) is 6.62. The second-order valence-corrected chi connectivity index (χ2v) is 5.12. The summed E-state index contributed by atoms with van der Waals surface area (Å²) in [5, 5.41) is 0. The lowest BCUT2D eigenvalue weighted by Gasteiger charge is -2.16. The first kappa shape index (κ1) is 13.4. The predicted molar refractivity (Wildman–Crippen MR) is 71.2 cm³/mol. The Kier molecular flexibility index (Phi) is 3.95. The third-order valence-corrected chi connectivity index (χ3v) is 3.64. The molecule has 18 heavy (non-hydrogen) atoms. The van der Waals surface area contributed by atoms with E-state index >= 15 is 0 Å². The molecular weight excluding hydrogens is 305 g/mol. The normalized spacial score (nSPS) is 22.7. The van der Waals surface area contributed by atoms with Gasteiger partial charge in [-0.05, 0) is 30.4 Å². The molecule has 0 nitrogen and oxygen atoms in total. The average molecular weight is 317 g/mol. The molecule has 2 rings (SSSR count). The maximum atomic E-state index is 13.2. The van der Waals surface area contributed by atoms with Crippen LogP contribution in [0.3, 0.4) is 0 Å². The van der Waals surface area contributed by atoms with E-state index in [-0.39, 0.29) is 10.0 Å². The first-order valence-electron chi connectivity index (χ1n) is 5.72. The quantitative estimate of drug-likeness (QED) is 0.588. The van der Waals surface area contributed by atoms with E-state index in [1.807, 2.05) is 6.08 Å². The molecule has 96 valence electrons. The molecule has 0 aromatic heterocycles. The Morgan fingerprint density at radius 3 is 2.56 bits per heavy atom. The molecule has 0 saturated carbocycles. The second kappa shape index (κ2) is 5.31. The number of hydrogen-bond donors (Lipinski definition) is 0. The lowest BCUT2D eigenvalue weighted by Crippen LogP contribution is -2.13. The van der Waals surface area contributed by atoms with Gasteiger partial charge in [0.1, 0.15) is 0 Å². The van der Waals surface area contributed by atoms with Crippen LogP contribution >= 0.6 is 15.9 Å². The van der Waals surface area contributed by atoms with E-state index in [2.05, 4.69) is 15.9 Å². The van der Waals surface area contributed by atoms with Crippen molar-refractivity contribution in [2.45, 2.75) is 25.4 Å². The topological polar surface area (TPSA) is 0 Å². The number of rotatable bonds is 0. The minimum absolute atomic E-state index is 0.242. The predicted octanol–water partition coefficient (Wildman–Crippen LogP) is 5.55. The van der Waals surface area contributed by atoms with Crippen LogP contribution in [0.1, 0.15) is 30.4 Å². The first-order chi connectivity index (χ1) is 8.50. The van der Waals surface area contributed by atoms with Gasteiger partial charge in [-0.1, -0.05) is 52.3 Å². The molecule has 1 aliphatic rings. The van der Waals surface area contributed by atoms with Crippen molar-refractivity contribution < 1.29 is 13.2 Å². The number of hydrogen-bond acceptors (Lipinski definition) is 0. The Bertz CT molecular complexity index is 498. The Hall–Kier alpha value is -1.03. The average Bonchev–Trinajstić information content (AvgIpc) is 2.36. The highest BCUT2D eigenvalue weighted by Gasteiger charge is 2.37. The van der Waals surface area contributed by atoms with Gasteiger partial charge in [-0.2, -0.15) is 13.2 Å². The summed E-state index contributed by atoms with van der Waals surface area (Å²) in [5.41, 5.74) is 0.309. The van der Waals surface area contributed by atoms with Gasteiger partial charge in [0, 0.05) is 4.48 Å². The van der Waals surface area contributed by atoms with E-state index < -0.39 is 11.7 Å². The fourth-order valence-electron chi connectivity index (χ4n) is 2.03. The van der Waals surface area contributed by atoms with Gasteiger partial charge in [-0.3, -0.25) is 0 Å². The van der Waals surface area contributed by atoms with Gasteiger partial charge >= 0.3 is 6.18 Å². The van der Waals surface area contributed by atoms with Crippen LogP contribution in [0.25, 0.3) is 11.6 Å². The van der Waals surface area contributed by atoms with Crippen molar-refractivity contribution in [3.8, 4) is 0 Å². The molecule has 0 atom stereocenters. The Morgan fingerprint density at radius 2 is 1.83 bits per heavy atom. The number of halogens is 4. The lowest BCUT2D eigenvalue weighted by molar-refractivity contribution is -0.0692. The molecular formula is C14H12BrF3. The summed E-state index contributed by atoms with van der Waals surface area (Å²) in [5.74, 6) is 0. The summed E-state index contributed by atoms with van der Waals surface area (Å²) in [7, 11) is 0. The highest BCUT2D eigenvalue weighted by Crippen LogP contribution is 2.41. The second-order valence-electron chi connectivity index (χ2n) is 4.16. The van der Waals surface area contributed by atoms with Crippen molar-refractivity contribution in [1.29, 1.82) is 0 Å². The third-order valence-electron chi connectivity index (χ3n) is 2.85. The molecule has 0 heterocycles. The molecule has 0 amide bonds. The van der Waals surface area contributed by atoms with Crippen LogP contribution < -0.4 is 0 Å². The zero-order chi connectivity index (χ0) is 13.2. The van der Waals surface area contributed by atoms with Gasteiger partial charge in [-0.15, -0.1) is 0 Å². The molecule has 0 saturated heterocycles. The number of fused-ring (bicyclic) bond motifs is 1. The molecule has 1 aromatic rings. The van der Waals surface area contributed by atoms with Crippen LogP contribution in [0.5, 0.6) is 0 Å². The standard InChI is InChI=1S/C14H12BrF3/c15-12-9-3-1-2-6-10-7-4-5-8-11(10)13(12)14(16,17)18/h2,4-8H,1,3,9H2/b6-2-,13-12-. The summed E-state index contributed by atoms with van der Waals surface area (Å²) >= 11 is 3.11. The maximum absolute atomic E-state index is 13.2. The van der Waals surface area contributed by atoms with E-state index in [0.29, 0.717) is 18.4 Å². The molecule has 0 unspecified atom stereocenters. The fourth-order valence-corrected chi connectivity index (χ4v) is 2.75. The molecule has 4 heteroatoms. The molecule has 0 spiro atoms. The van der Waals surface area contributed by atoms with Crippen molar-refractivity contribution in [3.05, 3.63) is 46.0 Å². The highest BCUT2D eigenvalue weighted by molar-refractivity contribution is 9.11. The van der Waals surface area contributed by atoms with Crippen molar-refractivity contribution in [1.82, 2.24) is 0 Å². The van der Waals surface area contributed by atoms with Gasteiger partial charge in [-0.25, -0.2) is 0 Å². The smallest absolute Gasteiger partial charge is 0.166 e. The van der Waals surface area contributed by atoms with Crippen molar-refractivity contribution in [3.63, 3.8) is 0 Å². The van der Waals surface area contributed by atoms with Gasteiger partial charge in [0.15, 0.2) is 0 Å². The molecule has 0 radical (unpaired) electrons. The van der Waals surface area contributed by atoms with Gasteiger partial charge < -0.3 is 0 Å². The molecule has 0 N–H and O–H groups in total. The Morgan fingerprint density at radius 1 is 1.11 bits per heavy atom. The minimum Gasteiger partial charge on any atom is -0.166 e. The van der Waals surface area contributed by atoms with Crippen LogP contribution in [0.15, 0.2) is 34.8 Å². The largest absolute Gasteiger partial charge is 0.417 e.